The van der Waals surface area contributed by atoms with Crippen LogP contribution in [0.3, 0.4) is 0 Å². The van der Waals surface area contributed by atoms with Gasteiger partial charge in [-0.1, -0.05) is 115 Å². The van der Waals surface area contributed by atoms with Crippen molar-refractivity contribution in [3.05, 3.63) is 143 Å². The molecule has 1 fully saturated rings. The molecule has 236 valence electrons. The molecule has 0 radical (unpaired) electrons. The number of likely N-dealkylation sites (tertiary alicyclic amines) is 1. The fourth-order valence-electron chi connectivity index (χ4n) is 5.62. The number of para-hydroxylation sites is 1. The van der Waals surface area contributed by atoms with E-state index in [9.17, 15) is 14.7 Å². The van der Waals surface area contributed by atoms with Crippen LogP contribution in [0.5, 0.6) is 0 Å². The van der Waals surface area contributed by atoms with Gasteiger partial charge in [0.15, 0.2) is 5.54 Å². The molecule has 0 aromatic heterocycles. The molecule has 1 N–H and O–H groups in total. The van der Waals surface area contributed by atoms with Crippen molar-refractivity contribution in [2.45, 2.75) is 57.2 Å². The third kappa shape index (κ3) is 9.04. The zero-order chi connectivity index (χ0) is 31.5. The fourth-order valence-corrected chi connectivity index (χ4v) is 5.62. The van der Waals surface area contributed by atoms with Crippen LogP contribution >= 0.6 is 0 Å². The van der Waals surface area contributed by atoms with Gasteiger partial charge in [0.1, 0.15) is 0 Å². The van der Waals surface area contributed by atoms with Crippen molar-refractivity contribution in [2.75, 3.05) is 6.54 Å². The summed E-state index contributed by atoms with van der Waals surface area (Å²) in [6, 6.07) is 36.5. The second kappa shape index (κ2) is 16.7. The normalized spacial score (nSPS) is 15.9. The molecule has 6 nitrogen and oxygen atoms in total. The number of carboxylic acids is 1. The molecule has 0 saturated carbocycles. The summed E-state index contributed by atoms with van der Waals surface area (Å²) in [4.78, 5) is 33.5. The quantitative estimate of drug-likeness (QED) is 0.0775. The van der Waals surface area contributed by atoms with E-state index in [1.165, 1.54) is 0 Å². The Morgan fingerprint density at radius 3 is 2.24 bits per heavy atom. The van der Waals surface area contributed by atoms with Gasteiger partial charge in [-0.25, -0.2) is 4.79 Å². The van der Waals surface area contributed by atoms with Gasteiger partial charge in [-0.15, -0.1) is 5.69 Å². The molecule has 4 aromatic carbocycles. The largest absolute Gasteiger partial charge is 2.00 e. The van der Waals surface area contributed by atoms with Crippen LogP contribution in [0.1, 0.15) is 61.3 Å². The predicted octanol–water partition coefficient (Wildman–Crippen LogP) is 7.78. The Kier molecular flexibility index (Phi) is 12.5. The number of carbonyl (C=O) groups is 2. The Bertz CT molecular complexity index is 1680. The van der Waals surface area contributed by atoms with Gasteiger partial charge in [0.25, 0.3) is 0 Å². The van der Waals surface area contributed by atoms with Crippen molar-refractivity contribution >= 4 is 23.3 Å². The zero-order valence-corrected chi connectivity index (χ0v) is 26.9. The summed E-state index contributed by atoms with van der Waals surface area (Å²) in [7, 11) is 0. The Labute approximate surface area is 281 Å². The predicted molar refractivity (Wildman–Crippen MR) is 180 cm³/mol. The minimum atomic E-state index is -1.41. The van der Waals surface area contributed by atoms with Crippen molar-refractivity contribution in [2.24, 2.45) is 4.99 Å². The summed E-state index contributed by atoms with van der Waals surface area (Å²) in [5.41, 5.74) is 3.05. The van der Waals surface area contributed by atoms with Crippen LogP contribution in [0.25, 0.3) is 5.32 Å². The fraction of sp³-hybridized carbons (Fsp3) is 0.256. The summed E-state index contributed by atoms with van der Waals surface area (Å²) >= 11 is 0. The van der Waals surface area contributed by atoms with E-state index in [0.29, 0.717) is 42.8 Å². The zero-order valence-electron chi connectivity index (χ0n) is 25.9. The van der Waals surface area contributed by atoms with E-state index in [1.54, 1.807) is 13.0 Å². The number of aliphatic carboxylic acids is 1. The maximum Gasteiger partial charge on any atom is 2.00 e. The van der Waals surface area contributed by atoms with E-state index >= 15 is 0 Å². The number of benzene rings is 4. The topological polar surface area (TPSA) is 84.1 Å². The number of amides is 1. The van der Waals surface area contributed by atoms with Crippen LogP contribution in [0.2, 0.25) is 0 Å². The summed E-state index contributed by atoms with van der Waals surface area (Å²) in [6.45, 7) is 3.18. The van der Waals surface area contributed by atoms with Gasteiger partial charge in [0, 0.05) is 24.1 Å². The maximum atomic E-state index is 13.7. The molecule has 1 amide bonds. The van der Waals surface area contributed by atoms with Gasteiger partial charge in [0.2, 0.25) is 0 Å². The van der Waals surface area contributed by atoms with E-state index in [4.69, 9.17) is 4.99 Å². The van der Waals surface area contributed by atoms with Crippen LogP contribution in [0, 0.1) is 11.8 Å². The first-order valence-electron chi connectivity index (χ1n) is 15.5. The molecule has 5 rings (SSSR count). The summed E-state index contributed by atoms with van der Waals surface area (Å²) in [5, 5.41) is 15.0. The minimum Gasteiger partial charge on any atom is -0.625 e. The molecule has 46 heavy (non-hydrogen) atoms. The van der Waals surface area contributed by atoms with Gasteiger partial charge in [-0.2, -0.15) is 0 Å². The molecule has 4 aromatic rings. The SMILES string of the molecule is C[C@](CCCC#Cc1ccccc1)(N=C(c1ccccc1)c1ccccc1[N-]C(=O)[C@@H]1CCCN1Cc1ccccc1)C(=O)O.[Ni+2]. The molecular weight excluding hydrogens is 617 g/mol. The third-order valence-corrected chi connectivity index (χ3v) is 8.11. The Morgan fingerprint density at radius 1 is 0.913 bits per heavy atom. The first-order valence-corrected chi connectivity index (χ1v) is 15.5. The van der Waals surface area contributed by atoms with E-state index in [1.807, 2.05) is 97.1 Å². The Balaban J connectivity index is 0.00000480. The average molecular weight is 655 g/mol. The Hall–Kier alpha value is -4.50. The van der Waals surface area contributed by atoms with Gasteiger partial charge >= 0.3 is 22.5 Å². The first-order chi connectivity index (χ1) is 21.9. The number of carbonyl (C=O) groups excluding carboxylic acids is 1. The number of unbranched alkanes of at least 4 members (excludes halogenated alkanes) is 1. The number of hydrogen-bond donors (Lipinski definition) is 1. The van der Waals surface area contributed by atoms with Crippen molar-refractivity contribution in [3.63, 3.8) is 0 Å². The smallest absolute Gasteiger partial charge is 0.625 e. The van der Waals surface area contributed by atoms with Crippen LogP contribution in [0.4, 0.5) is 5.69 Å². The van der Waals surface area contributed by atoms with E-state index in [2.05, 4.69) is 34.2 Å². The molecule has 0 aliphatic carbocycles. The van der Waals surface area contributed by atoms with E-state index in [0.717, 1.165) is 36.1 Å². The molecule has 1 saturated heterocycles. The number of aliphatic imine (C=N–C) groups is 1. The molecule has 1 aliphatic heterocycles. The maximum absolute atomic E-state index is 13.7. The summed E-state index contributed by atoms with van der Waals surface area (Å²) in [6.07, 6.45) is 3.11. The molecule has 7 heteroatoms. The van der Waals surface area contributed by atoms with Crippen LogP contribution in [0.15, 0.2) is 120 Å². The van der Waals surface area contributed by atoms with Gasteiger partial charge < -0.3 is 15.2 Å². The second-order valence-electron chi connectivity index (χ2n) is 11.5. The summed E-state index contributed by atoms with van der Waals surface area (Å²) in [5.74, 6) is 5.09. The van der Waals surface area contributed by atoms with E-state index in [-0.39, 0.29) is 28.4 Å². The van der Waals surface area contributed by atoms with Crippen LogP contribution in [-0.2, 0) is 32.6 Å². The second-order valence-corrected chi connectivity index (χ2v) is 11.5. The number of nitrogens with zero attached hydrogens (tertiary/aromatic N) is 3. The molecule has 0 bridgehead atoms. The van der Waals surface area contributed by atoms with Crippen molar-refractivity contribution < 1.29 is 31.2 Å². The number of rotatable bonds is 11. The molecule has 1 aliphatic rings. The number of hydrogen-bond acceptors (Lipinski definition) is 4. The van der Waals surface area contributed by atoms with Crippen LogP contribution in [-0.4, -0.2) is 45.7 Å². The Morgan fingerprint density at radius 2 is 1.54 bits per heavy atom. The number of carboxylic acid groups (broad SMARTS) is 1. The monoisotopic (exact) mass is 654 g/mol. The van der Waals surface area contributed by atoms with E-state index < -0.39 is 11.5 Å². The first kappa shape index (κ1) is 34.4. The van der Waals surface area contributed by atoms with Crippen molar-refractivity contribution in [1.82, 2.24) is 4.90 Å². The molecular formula is C39H38N3NiO3+. The third-order valence-electron chi connectivity index (χ3n) is 8.11. The molecule has 0 spiro atoms. The van der Waals surface area contributed by atoms with Gasteiger partial charge in [-0.3, -0.25) is 9.89 Å². The van der Waals surface area contributed by atoms with Crippen molar-refractivity contribution in [1.29, 1.82) is 0 Å². The molecule has 2 atom stereocenters. The molecule has 1 heterocycles. The standard InChI is InChI=1S/C39H39N3O3.Ni/c1-39(38(44)45,27-15-5-10-19-30-17-6-2-7-18-30)41-36(32-22-11-4-12-23-32)33-24-13-14-25-34(33)40-37(43)35-26-16-28-42(35)29-31-20-8-3-9-21-31;/h2-4,6-9,11-14,17-18,20-25,35H,5,15-16,26-29H2,1H3,(H2,40,41,43,44,45);/q;+2/p-1/t35-,39+;/m0./s1. The van der Waals surface area contributed by atoms with Gasteiger partial charge in [0.05, 0.1) is 17.7 Å². The summed E-state index contributed by atoms with van der Waals surface area (Å²) < 4.78 is 0. The van der Waals surface area contributed by atoms with Crippen molar-refractivity contribution in [3.8, 4) is 11.8 Å². The minimum absolute atomic E-state index is 0. The molecule has 0 unspecified atom stereocenters. The average Bonchev–Trinajstić information content (AvgIpc) is 3.53. The van der Waals surface area contributed by atoms with Crippen LogP contribution < -0.4 is 0 Å². The van der Waals surface area contributed by atoms with Gasteiger partial charge in [-0.05, 0) is 62.4 Å².